The number of methoxy groups -OCH3 is 1. The number of anilines is 1. The Labute approximate surface area is 206 Å². The van der Waals surface area contributed by atoms with E-state index in [1.165, 1.54) is 0 Å². The summed E-state index contributed by atoms with van der Waals surface area (Å²) < 4.78 is 17.6. The Balaban J connectivity index is 1.81. The van der Waals surface area contributed by atoms with Crippen molar-refractivity contribution in [2.75, 3.05) is 19.0 Å². The molecule has 4 rings (SSSR count). The number of rotatable bonds is 7. The van der Waals surface area contributed by atoms with Crippen LogP contribution in [-0.4, -0.2) is 19.6 Å². The molecule has 0 bridgehead atoms. The second-order valence-corrected chi connectivity index (χ2v) is 8.67. The minimum atomic E-state index is -0.187. The number of carbonyl (C=O) groups is 1. The Morgan fingerprint density at radius 1 is 1.06 bits per heavy atom. The van der Waals surface area contributed by atoms with Crippen molar-refractivity contribution < 1.29 is 18.7 Å². The van der Waals surface area contributed by atoms with Crippen LogP contribution in [0.1, 0.15) is 36.1 Å². The molecule has 1 heterocycles. The van der Waals surface area contributed by atoms with Gasteiger partial charge in [0.1, 0.15) is 17.1 Å². The number of hydrogen-bond donors (Lipinski definition) is 1. The zero-order chi connectivity index (χ0) is 25.1. The molecule has 0 aliphatic carbocycles. The van der Waals surface area contributed by atoms with Gasteiger partial charge in [-0.25, -0.2) is 0 Å². The highest BCUT2D eigenvalue weighted by molar-refractivity contribution is 6.06. The van der Waals surface area contributed by atoms with Crippen LogP contribution in [0.15, 0.2) is 65.3 Å². The van der Waals surface area contributed by atoms with E-state index >= 15 is 0 Å². The second-order valence-electron chi connectivity index (χ2n) is 8.67. The maximum atomic E-state index is 12.9. The quantitative estimate of drug-likeness (QED) is 0.285. The Morgan fingerprint density at radius 3 is 2.57 bits per heavy atom. The second kappa shape index (κ2) is 10.1. The van der Waals surface area contributed by atoms with Gasteiger partial charge < -0.3 is 19.2 Å². The first kappa shape index (κ1) is 24.1. The summed E-state index contributed by atoms with van der Waals surface area (Å²) in [5, 5.41) is 3.95. The number of aryl methyl sites for hydroxylation is 3. The number of furan rings is 1. The van der Waals surface area contributed by atoms with E-state index in [9.17, 15) is 4.79 Å². The van der Waals surface area contributed by atoms with E-state index in [1.807, 2.05) is 83.1 Å². The molecule has 0 unspecified atom stereocenters. The molecule has 35 heavy (non-hydrogen) atoms. The zero-order valence-electron chi connectivity index (χ0n) is 21.1. The Hall–Kier alpha value is -3.99. The molecule has 0 radical (unpaired) electrons. The fourth-order valence-electron chi connectivity index (χ4n) is 4.33. The van der Waals surface area contributed by atoms with Gasteiger partial charge in [0.15, 0.2) is 0 Å². The molecule has 5 heteroatoms. The van der Waals surface area contributed by atoms with Crippen LogP contribution in [0.3, 0.4) is 0 Å². The van der Waals surface area contributed by atoms with Gasteiger partial charge in [-0.3, -0.25) is 4.79 Å². The Morgan fingerprint density at radius 2 is 1.83 bits per heavy atom. The van der Waals surface area contributed by atoms with Crippen molar-refractivity contribution in [3.8, 4) is 22.6 Å². The maximum Gasteiger partial charge on any atom is 0.248 e. The van der Waals surface area contributed by atoms with Crippen molar-refractivity contribution in [2.45, 2.75) is 34.6 Å². The number of amides is 1. The smallest absolute Gasteiger partial charge is 0.248 e. The van der Waals surface area contributed by atoms with E-state index in [1.54, 1.807) is 19.4 Å². The van der Waals surface area contributed by atoms with Crippen LogP contribution in [0.2, 0.25) is 0 Å². The first-order valence-electron chi connectivity index (χ1n) is 11.7. The normalized spacial score (nSPS) is 11.5. The summed E-state index contributed by atoms with van der Waals surface area (Å²) in [4.78, 5) is 12.9. The lowest BCUT2D eigenvalue weighted by Gasteiger charge is -2.15. The van der Waals surface area contributed by atoms with Gasteiger partial charge in [-0.2, -0.15) is 0 Å². The van der Waals surface area contributed by atoms with E-state index in [0.717, 1.165) is 61.4 Å². The lowest BCUT2D eigenvalue weighted by molar-refractivity contribution is -0.111. The van der Waals surface area contributed by atoms with Crippen LogP contribution < -0.4 is 14.8 Å². The largest absolute Gasteiger partial charge is 0.496 e. The summed E-state index contributed by atoms with van der Waals surface area (Å²) in [7, 11) is 1.66. The minimum absolute atomic E-state index is 0.187. The number of fused-ring (bicyclic) bond motifs is 1. The van der Waals surface area contributed by atoms with E-state index in [4.69, 9.17) is 13.9 Å². The third-order valence-corrected chi connectivity index (χ3v) is 6.15. The summed E-state index contributed by atoms with van der Waals surface area (Å²) in [5.41, 5.74) is 8.09. The van der Waals surface area contributed by atoms with Crippen LogP contribution in [0.25, 0.3) is 27.7 Å². The summed E-state index contributed by atoms with van der Waals surface area (Å²) in [5.74, 6) is 1.30. The Kier molecular flexibility index (Phi) is 6.97. The molecular weight excluding hydrogens is 438 g/mol. The third kappa shape index (κ3) is 4.80. The Bertz CT molecular complexity index is 1430. The van der Waals surface area contributed by atoms with Crippen molar-refractivity contribution in [3.05, 3.63) is 83.1 Å². The number of nitrogens with one attached hydrogen (secondary N) is 1. The number of benzene rings is 3. The third-order valence-electron chi connectivity index (χ3n) is 6.15. The summed E-state index contributed by atoms with van der Waals surface area (Å²) >= 11 is 0. The predicted octanol–water partition coefficient (Wildman–Crippen LogP) is 7.47. The van der Waals surface area contributed by atoms with Gasteiger partial charge in [0.25, 0.3) is 0 Å². The van der Waals surface area contributed by atoms with Gasteiger partial charge in [-0.1, -0.05) is 30.3 Å². The highest BCUT2D eigenvalue weighted by Gasteiger charge is 2.20. The fourth-order valence-corrected chi connectivity index (χ4v) is 4.33. The van der Waals surface area contributed by atoms with Crippen LogP contribution >= 0.6 is 0 Å². The van der Waals surface area contributed by atoms with E-state index in [2.05, 4.69) is 5.32 Å². The minimum Gasteiger partial charge on any atom is -0.496 e. The number of ether oxygens (including phenoxy) is 2. The molecule has 1 N–H and O–H groups in total. The summed E-state index contributed by atoms with van der Waals surface area (Å²) in [6.45, 7) is 10.3. The van der Waals surface area contributed by atoms with Crippen molar-refractivity contribution in [3.63, 3.8) is 0 Å². The monoisotopic (exact) mass is 469 g/mol. The van der Waals surface area contributed by atoms with Crippen LogP contribution in [0, 0.1) is 20.8 Å². The van der Waals surface area contributed by atoms with Crippen LogP contribution in [0.5, 0.6) is 11.5 Å². The molecule has 1 amide bonds. The molecule has 0 spiro atoms. The van der Waals surface area contributed by atoms with Crippen LogP contribution in [-0.2, 0) is 4.79 Å². The molecule has 0 fully saturated rings. The number of carbonyl (C=O) groups excluding carboxylic acids is 1. The lowest BCUT2D eigenvalue weighted by Crippen LogP contribution is -2.10. The highest BCUT2D eigenvalue weighted by atomic mass is 16.5. The fraction of sp³-hybridized carbons (Fsp3) is 0.233. The topological polar surface area (TPSA) is 60.7 Å². The molecule has 0 atom stereocenters. The van der Waals surface area contributed by atoms with Gasteiger partial charge in [0.2, 0.25) is 5.91 Å². The van der Waals surface area contributed by atoms with Gasteiger partial charge in [0.05, 0.1) is 20.0 Å². The first-order valence-corrected chi connectivity index (χ1v) is 11.7. The maximum absolute atomic E-state index is 12.9. The first-order chi connectivity index (χ1) is 16.8. The number of allylic oxidation sites excluding steroid dienone is 1. The average Bonchev–Trinajstić information content (AvgIpc) is 3.27. The molecule has 1 aromatic heterocycles. The standard InChI is InChI=1S/C30H31NO4/c1-7-34-29-21(5)30-24(25(17-35-30)22-10-8-9-11-27(22)33-6)16-23(29)20(4)15-28(32)31-26-14-18(2)12-13-19(26)3/h8-17H,7H2,1-6H3,(H,31,32)/b20-15+. The van der Waals surface area contributed by atoms with Gasteiger partial charge >= 0.3 is 0 Å². The van der Waals surface area contributed by atoms with Crippen molar-refractivity contribution >= 4 is 28.1 Å². The zero-order valence-corrected chi connectivity index (χ0v) is 21.1. The summed E-state index contributed by atoms with van der Waals surface area (Å²) in [6.07, 6.45) is 3.37. The van der Waals surface area contributed by atoms with Crippen LogP contribution in [0.4, 0.5) is 5.69 Å². The molecule has 180 valence electrons. The molecule has 0 saturated heterocycles. The molecule has 0 saturated carbocycles. The van der Waals surface area contributed by atoms with Gasteiger partial charge in [0, 0.05) is 39.4 Å². The molecule has 0 aliphatic rings. The SMILES string of the molecule is CCOc1c(/C(C)=C/C(=O)Nc2cc(C)ccc2C)cc2c(-c3ccccc3OC)coc2c1C. The van der Waals surface area contributed by atoms with Gasteiger partial charge in [-0.15, -0.1) is 0 Å². The van der Waals surface area contributed by atoms with Gasteiger partial charge in [-0.05, 0) is 69.5 Å². The molecule has 4 aromatic rings. The van der Waals surface area contributed by atoms with Crippen molar-refractivity contribution in [1.82, 2.24) is 0 Å². The van der Waals surface area contributed by atoms with E-state index in [-0.39, 0.29) is 5.91 Å². The average molecular weight is 470 g/mol. The lowest BCUT2D eigenvalue weighted by atomic mass is 9.96. The number of para-hydroxylation sites is 1. The van der Waals surface area contributed by atoms with Crippen molar-refractivity contribution in [2.24, 2.45) is 0 Å². The van der Waals surface area contributed by atoms with E-state index in [0.29, 0.717) is 12.4 Å². The van der Waals surface area contributed by atoms with E-state index < -0.39 is 0 Å². The van der Waals surface area contributed by atoms with Crippen molar-refractivity contribution in [1.29, 1.82) is 0 Å². The predicted molar refractivity (Wildman–Crippen MR) is 142 cm³/mol. The molecular formula is C30H31NO4. The molecule has 0 aliphatic heterocycles. The summed E-state index contributed by atoms with van der Waals surface area (Å²) in [6, 6.07) is 15.9. The highest BCUT2D eigenvalue weighted by Crippen LogP contribution is 2.42. The molecule has 5 nitrogen and oxygen atoms in total. The number of hydrogen-bond acceptors (Lipinski definition) is 4. The molecule has 3 aromatic carbocycles.